The second-order valence-electron chi connectivity index (χ2n) is 3.74. The van der Waals surface area contributed by atoms with Crippen molar-refractivity contribution in [2.24, 2.45) is 5.92 Å². The summed E-state index contributed by atoms with van der Waals surface area (Å²) in [5, 5.41) is 8.82. The molecule has 0 radical (unpaired) electrons. The molecular weight excluding hydrogens is 262 g/mol. The predicted molar refractivity (Wildman–Crippen MR) is 58.0 cm³/mol. The number of ether oxygens (including phenoxy) is 1. The Kier molecular flexibility index (Phi) is 3.11. The average molecular weight is 274 g/mol. The second kappa shape index (κ2) is 4.37. The van der Waals surface area contributed by atoms with E-state index in [1.165, 1.54) is 0 Å². The van der Waals surface area contributed by atoms with Gasteiger partial charge in [-0.2, -0.15) is 0 Å². The highest BCUT2D eigenvalue weighted by atomic mass is 79.9. The molecule has 5 heteroatoms. The summed E-state index contributed by atoms with van der Waals surface area (Å²) in [6, 6.07) is 1.62. The van der Waals surface area contributed by atoms with Gasteiger partial charge in [-0.05, 0) is 28.4 Å². The Balaban J connectivity index is 2.10. The van der Waals surface area contributed by atoms with Crippen LogP contribution < -0.4 is 0 Å². The van der Waals surface area contributed by atoms with E-state index in [0.29, 0.717) is 11.5 Å². The van der Waals surface area contributed by atoms with Crippen molar-refractivity contribution in [2.75, 3.05) is 13.2 Å². The van der Waals surface area contributed by atoms with Gasteiger partial charge >= 0.3 is 5.97 Å². The number of halogens is 1. The van der Waals surface area contributed by atoms with Gasteiger partial charge in [-0.3, -0.25) is 0 Å². The van der Waals surface area contributed by atoms with E-state index >= 15 is 0 Å². The van der Waals surface area contributed by atoms with E-state index in [1.54, 1.807) is 12.3 Å². The van der Waals surface area contributed by atoms with Gasteiger partial charge in [0, 0.05) is 25.3 Å². The molecule has 0 bridgehead atoms. The Morgan fingerprint density at radius 3 is 3.07 bits per heavy atom. The lowest BCUT2D eigenvalue weighted by Gasteiger charge is -2.09. The fourth-order valence-electron chi connectivity index (χ4n) is 1.74. The van der Waals surface area contributed by atoms with Crippen LogP contribution in [0.15, 0.2) is 16.9 Å². The van der Waals surface area contributed by atoms with Gasteiger partial charge in [-0.25, -0.2) is 4.79 Å². The molecule has 0 spiro atoms. The first-order valence-corrected chi connectivity index (χ1v) is 5.63. The number of hydrogen-bond acceptors (Lipinski definition) is 2. The van der Waals surface area contributed by atoms with Gasteiger partial charge in [0.05, 0.1) is 16.8 Å². The van der Waals surface area contributed by atoms with Crippen molar-refractivity contribution in [3.05, 3.63) is 22.4 Å². The summed E-state index contributed by atoms with van der Waals surface area (Å²) in [5.41, 5.74) is 0.320. The zero-order valence-corrected chi connectivity index (χ0v) is 9.74. The van der Waals surface area contributed by atoms with Gasteiger partial charge in [0.25, 0.3) is 0 Å². The van der Waals surface area contributed by atoms with Crippen LogP contribution in [0.2, 0.25) is 0 Å². The fourth-order valence-corrected chi connectivity index (χ4v) is 2.23. The lowest BCUT2D eigenvalue weighted by atomic mass is 10.1. The summed E-state index contributed by atoms with van der Waals surface area (Å²) >= 11 is 3.35. The van der Waals surface area contributed by atoms with Gasteiger partial charge in [0.1, 0.15) is 0 Å². The number of aromatic nitrogens is 1. The minimum Gasteiger partial charge on any atom is -0.478 e. The van der Waals surface area contributed by atoms with E-state index in [0.717, 1.165) is 30.8 Å². The Hall–Kier alpha value is -0.810. The summed E-state index contributed by atoms with van der Waals surface area (Å²) in [4.78, 5) is 10.7. The van der Waals surface area contributed by atoms with Crippen LogP contribution in [0.25, 0.3) is 0 Å². The summed E-state index contributed by atoms with van der Waals surface area (Å²) in [6.07, 6.45) is 2.71. The summed E-state index contributed by atoms with van der Waals surface area (Å²) in [7, 11) is 0. The highest BCUT2D eigenvalue weighted by Gasteiger charge is 2.18. The second-order valence-corrected chi connectivity index (χ2v) is 4.55. The molecule has 2 rings (SSSR count). The minimum absolute atomic E-state index is 0.320. The third kappa shape index (κ3) is 2.41. The van der Waals surface area contributed by atoms with Crippen LogP contribution in [0, 0.1) is 5.92 Å². The third-order valence-corrected chi connectivity index (χ3v) is 3.25. The fraction of sp³-hybridized carbons (Fsp3) is 0.500. The normalized spacial score (nSPS) is 20.7. The molecule has 1 aliphatic rings. The van der Waals surface area contributed by atoms with Crippen LogP contribution in [-0.4, -0.2) is 28.9 Å². The Bertz CT molecular complexity index is 369. The maximum atomic E-state index is 10.7. The number of hydrogen-bond donors (Lipinski definition) is 1. The van der Waals surface area contributed by atoms with Crippen LogP contribution in [0.4, 0.5) is 0 Å². The molecule has 0 saturated carbocycles. The molecule has 15 heavy (non-hydrogen) atoms. The first-order valence-electron chi connectivity index (χ1n) is 4.83. The molecule has 0 aliphatic carbocycles. The number of nitrogens with zero attached hydrogens (tertiary/aromatic N) is 1. The highest BCUT2D eigenvalue weighted by Crippen LogP contribution is 2.20. The first-order chi connectivity index (χ1) is 7.16. The first kappa shape index (κ1) is 10.7. The molecule has 1 unspecified atom stereocenters. The van der Waals surface area contributed by atoms with Crippen LogP contribution in [0.3, 0.4) is 0 Å². The Morgan fingerprint density at radius 2 is 2.53 bits per heavy atom. The van der Waals surface area contributed by atoms with Crippen molar-refractivity contribution < 1.29 is 14.6 Å². The number of carboxylic acids is 1. The summed E-state index contributed by atoms with van der Waals surface area (Å²) in [5.74, 6) is -0.396. The molecule has 1 aromatic heterocycles. The van der Waals surface area contributed by atoms with Crippen molar-refractivity contribution in [3.63, 3.8) is 0 Å². The maximum Gasteiger partial charge on any atom is 0.337 e. The van der Waals surface area contributed by atoms with Gasteiger partial charge in [0.2, 0.25) is 0 Å². The molecule has 0 aromatic carbocycles. The van der Waals surface area contributed by atoms with Crippen LogP contribution in [0.5, 0.6) is 0 Å². The van der Waals surface area contributed by atoms with Gasteiger partial charge in [0.15, 0.2) is 0 Å². The summed E-state index contributed by atoms with van der Waals surface area (Å²) < 4.78 is 8.01. The van der Waals surface area contributed by atoms with E-state index in [9.17, 15) is 4.79 Å². The van der Waals surface area contributed by atoms with Crippen LogP contribution in [-0.2, 0) is 11.3 Å². The van der Waals surface area contributed by atoms with E-state index < -0.39 is 5.97 Å². The molecule has 1 saturated heterocycles. The number of carbonyl (C=O) groups is 1. The summed E-state index contributed by atoms with van der Waals surface area (Å²) in [6.45, 7) is 2.40. The number of carboxylic acid groups (broad SMARTS) is 1. The molecule has 82 valence electrons. The molecule has 4 nitrogen and oxygen atoms in total. The number of rotatable bonds is 3. The largest absolute Gasteiger partial charge is 0.478 e. The molecule has 1 aliphatic heterocycles. The van der Waals surface area contributed by atoms with Crippen molar-refractivity contribution in [3.8, 4) is 0 Å². The third-order valence-electron chi connectivity index (χ3n) is 2.57. The zero-order chi connectivity index (χ0) is 10.8. The topological polar surface area (TPSA) is 51.5 Å². The molecule has 2 heterocycles. The Labute approximate surface area is 96.0 Å². The molecule has 1 fully saturated rings. The lowest BCUT2D eigenvalue weighted by Crippen LogP contribution is -2.10. The van der Waals surface area contributed by atoms with E-state index in [4.69, 9.17) is 9.84 Å². The van der Waals surface area contributed by atoms with E-state index in [2.05, 4.69) is 15.9 Å². The monoisotopic (exact) mass is 273 g/mol. The smallest absolute Gasteiger partial charge is 0.337 e. The van der Waals surface area contributed by atoms with Crippen LogP contribution in [0.1, 0.15) is 16.8 Å². The zero-order valence-electron chi connectivity index (χ0n) is 8.15. The van der Waals surface area contributed by atoms with Crippen molar-refractivity contribution >= 4 is 21.9 Å². The SMILES string of the molecule is O=C(O)c1cc(Br)n(CC2CCOC2)c1. The van der Waals surface area contributed by atoms with Gasteiger partial charge in [-0.1, -0.05) is 0 Å². The molecular formula is C10H12BrNO3. The van der Waals surface area contributed by atoms with Crippen LogP contribution >= 0.6 is 15.9 Å². The molecule has 1 N–H and O–H groups in total. The molecule has 0 amide bonds. The average Bonchev–Trinajstić information content (AvgIpc) is 2.77. The van der Waals surface area contributed by atoms with Gasteiger partial charge < -0.3 is 14.4 Å². The lowest BCUT2D eigenvalue weighted by molar-refractivity contribution is 0.0697. The standard InChI is InChI=1S/C10H12BrNO3/c11-9-3-8(10(13)14)5-12(9)4-7-1-2-15-6-7/h3,5,7H,1-2,4,6H2,(H,13,14). The highest BCUT2D eigenvalue weighted by molar-refractivity contribution is 9.10. The van der Waals surface area contributed by atoms with Crippen molar-refractivity contribution in [1.29, 1.82) is 0 Å². The van der Waals surface area contributed by atoms with E-state index in [-0.39, 0.29) is 0 Å². The maximum absolute atomic E-state index is 10.7. The quantitative estimate of drug-likeness (QED) is 0.917. The molecule has 1 atom stereocenters. The van der Waals surface area contributed by atoms with E-state index in [1.807, 2.05) is 4.57 Å². The predicted octanol–water partition coefficient (Wildman–Crippen LogP) is 1.99. The number of aromatic carboxylic acids is 1. The Morgan fingerprint density at radius 1 is 1.73 bits per heavy atom. The van der Waals surface area contributed by atoms with Gasteiger partial charge in [-0.15, -0.1) is 0 Å². The minimum atomic E-state index is -0.892. The van der Waals surface area contributed by atoms with Crippen molar-refractivity contribution in [2.45, 2.75) is 13.0 Å². The molecule has 1 aromatic rings. The van der Waals surface area contributed by atoms with Crippen molar-refractivity contribution in [1.82, 2.24) is 4.57 Å².